The summed E-state index contributed by atoms with van der Waals surface area (Å²) in [4.78, 5) is 11.7. The van der Waals surface area contributed by atoms with Gasteiger partial charge in [0, 0.05) is 0 Å². The van der Waals surface area contributed by atoms with Gasteiger partial charge in [0.05, 0.1) is 0 Å². The number of rotatable bonds is 4. The molecule has 1 atom stereocenters. The van der Waals surface area contributed by atoms with Gasteiger partial charge in [-0.25, -0.2) is 0 Å². The second-order valence-corrected chi connectivity index (χ2v) is 7.70. The Bertz CT molecular complexity index is 520. The van der Waals surface area contributed by atoms with Gasteiger partial charge in [-0.3, -0.25) is 0 Å². The van der Waals surface area contributed by atoms with Crippen LogP contribution in [0.3, 0.4) is 0 Å². The topological polar surface area (TPSA) is 17.1 Å². The van der Waals surface area contributed by atoms with E-state index in [0.29, 0.717) is 15.0 Å². The monoisotopic (exact) mass is 368 g/mol. The summed E-state index contributed by atoms with van der Waals surface area (Å²) in [6.07, 6.45) is 0. The molecule has 0 radical (unpaired) electrons. The number of halogens is 1. The molecule has 92 valence electrons. The first-order valence-corrected chi connectivity index (χ1v) is 8.31. The number of Topliss-reactive ketones (excluding diaryl/α,β-unsaturated/α-hetero) is 1. The zero-order valence-electron chi connectivity index (χ0n) is 9.97. The van der Waals surface area contributed by atoms with E-state index in [-0.39, 0.29) is 10.6 Å². The van der Waals surface area contributed by atoms with E-state index in [1.165, 1.54) is 8.92 Å². The summed E-state index contributed by atoms with van der Waals surface area (Å²) in [6, 6.07) is 18.4. The van der Waals surface area contributed by atoms with Crippen LogP contribution in [-0.4, -0.2) is 25.6 Å². The summed E-state index contributed by atoms with van der Waals surface area (Å²) >= 11 is 3.61. The van der Waals surface area contributed by atoms with E-state index in [1.807, 2.05) is 25.1 Å². The predicted molar refractivity (Wildman–Crippen MR) is 80.6 cm³/mol. The molecule has 0 aliphatic heterocycles. The molecular weight excluding hydrogens is 355 g/mol. The fourth-order valence-electron chi connectivity index (χ4n) is 1.54. The van der Waals surface area contributed by atoms with Gasteiger partial charge in [0.2, 0.25) is 0 Å². The van der Waals surface area contributed by atoms with Crippen LogP contribution in [0.1, 0.15) is 17.3 Å². The van der Waals surface area contributed by atoms with Gasteiger partial charge in [-0.1, -0.05) is 0 Å². The van der Waals surface area contributed by atoms with Crippen LogP contribution < -0.4 is 8.92 Å². The predicted octanol–water partition coefficient (Wildman–Crippen LogP) is 2.31. The van der Waals surface area contributed by atoms with Crippen molar-refractivity contribution in [3.63, 3.8) is 0 Å². The van der Waals surface area contributed by atoms with Crippen molar-refractivity contribution in [2.45, 2.75) is 11.8 Å². The van der Waals surface area contributed by atoms with Crippen LogP contribution in [0.4, 0.5) is 0 Å². The van der Waals surface area contributed by atoms with Crippen LogP contribution in [0.25, 0.3) is 0 Å². The molecular formula is C15H13BrOSe. The Balaban J connectivity index is 2.11. The molecule has 2 aromatic carbocycles. The summed E-state index contributed by atoms with van der Waals surface area (Å²) in [5, 5.41) is 0. The van der Waals surface area contributed by atoms with Gasteiger partial charge in [-0.15, -0.1) is 0 Å². The van der Waals surface area contributed by atoms with Crippen molar-refractivity contribution in [2.75, 3.05) is 0 Å². The summed E-state index contributed by atoms with van der Waals surface area (Å²) in [7, 11) is 0. The Labute approximate surface area is 122 Å². The maximum absolute atomic E-state index is 11.8. The Kier molecular flexibility index (Phi) is 4.76. The molecule has 0 aliphatic carbocycles. The molecule has 0 aliphatic rings. The summed E-state index contributed by atoms with van der Waals surface area (Å²) < 4.78 is 2.63. The third-order valence-electron chi connectivity index (χ3n) is 2.48. The molecule has 0 bridgehead atoms. The third kappa shape index (κ3) is 3.55. The number of hydrogen-bond acceptors (Lipinski definition) is 1. The van der Waals surface area contributed by atoms with Crippen LogP contribution in [0, 0.1) is 0 Å². The second kappa shape index (κ2) is 6.33. The zero-order valence-corrected chi connectivity index (χ0v) is 13.3. The van der Waals surface area contributed by atoms with E-state index in [9.17, 15) is 4.79 Å². The first-order chi connectivity index (χ1) is 8.66. The van der Waals surface area contributed by atoms with E-state index in [4.69, 9.17) is 0 Å². The Hall–Kier alpha value is -0.891. The molecule has 1 nitrogen and oxygen atoms in total. The number of ketones is 1. The first-order valence-electron chi connectivity index (χ1n) is 5.68. The van der Waals surface area contributed by atoms with Crippen LogP contribution in [0.2, 0.25) is 0 Å². The minimum absolute atomic E-state index is 0.122. The van der Waals surface area contributed by atoms with Crippen LogP contribution >= 0.6 is 15.9 Å². The molecule has 0 saturated heterocycles. The van der Waals surface area contributed by atoms with Crippen LogP contribution in [0.15, 0.2) is 54.6 Å². The Morgan fingerprint density at radius 1 is 1.00 bits per heavy atom. The van der Waals surface area contributed by atoms with Crippen molar-refractivity contribution in [3.05, 3.63) is 60.2 Å². The van der Waals surface area contributed by atoms with Gasteiger partial charge in [0.1, 0.15) is 0 Å². The molecule has 0 N–H and O–H groups in total. The van der Waals surface area contributed by atoms with Crippen molar-refractivity contribution in [1.82, 2.24) is 0 Å². The molecule has 1 unspecified atom stereocenters. The second-order valence-electron chi connectivity index (χ2n) is 3.92. The van der Waals surface area contributed by atoms with Gasteiger partial charge in [0.15, 0.2) is 0 Å². The molecule has 3 heteroatoms. The summed E-state index contributed by atoms with van der Waals surface area (Å²) in [5.74, 6) is 0.133. The van der Waals surface area contributed by atoms with E-state index < -0.39 is 0 Å². The van der Waals surface area contributed by atoms with Crippen molar-refractivity contribution in [3.8, 4) is 0 Å². The third-order valence-corrected chi connectivity index (χ3v) is 5.03. The molecule has 2 aromatic rings. The standard InChI is InChI=1S/C15H13BrOSe/c1-11(16)15(17)12-7-9-14(10-8-12)18-13-5-3-2-4-6-13/h2-11H,1H3. The van der Waals surface area contributed by atoms with Gasteiger partial charge >= 0.3 is 122 Å². The number of carbonyl (C=O) groups excluding carboxylic acids is 1. The molecule has 0 aromatic heterocycles. The van der Waals surface area contributed by atoms with E-state index >= 15 is 0 Å². The summed E-state index contributed by atoms with van der Waals surface area (Å²) in [5.41, 5.74) is 0.770. The van der Waals surface area contributed by atoms with Gasteiger partial charge in [0.25, 0.3) is 0 Å². The fraction of sp³-hybridized carbons (Fsp3) is 0.133. The first kappa shape index (κ1) is 13.5. The average molecular weight is 368 g/mol. The van der Waals surface area contributed by atoms with Crippen LogP contribution in [-0.2, 0) is 0 Å². The molecule has 18 heavy (non-hydrogen) atoms. The van der Waals surface area contributed by atoms with E-state index in [2.05, 4.69) is 52.3 Å². The molecule has 0 heterocycles. The quantitative estimate of drug-likeness (QED) is 0.460. The Morgan fingerprint density at radius 2 is 1.56 bits per heavy atom. The van der Waals surface area contributed by atoms with Crippen molar-refractivity contribution < 1.29 is 4.79 Å². The maximum atomic E-state index is 11.8. The Morgan fingerprint density at radius 3 is 2.11 bits per heavy atom. The fourth-order valence-corrected chi connectivity index (χ4v) is 3.56. The summed E-state index contributed by atoms with van der Waals surface area (Å²) in [6.45, 7) is 1.85. The number of carbonyl (C=O) groups is 1. The normalized spacial score (nSPS) is 12.1. The van der Waals surface area contributed by atoms with Crippen molar-refractivity contribution in [2.24, 2.45) is 0 Å². The molecule has 2 rings (SSSR count). The number of alkyl halides is 1. The average Bonchev–Trinajstić information content (AvgIpc) is 2.40. The molecule has 0 saturated carbocycles. The van der Waals surface area contributed by atoms with E-state index in [1.54, 1.807) is 0 Å². The SMILES string of the molecule is CC(Br)C(=O)c1ccc([Se]c2ccccc2)cc1. The van der Waals surface area contributed by atoms with Crippen LogP contribution in [0.5, 0.6) is 0 Å². The number of hydrogen-bond donors (Lipinski definition) is 0. The van der Waals surface area contributed by atoms with Crippen molar-refractivity contribution in [1.29, 1.82) is 0 Å². The van der Waals surface area contributed by atoms with Gasteiger partial charge in [-0.2, -0.15) is 0 Å². The zero-order chi connectivity index (χ0) is 13.0. The minimum atomic E-state index is -0.122. The molecule has 0 spiro atoms. The van der Waals surface area contributed by atoms with E-state index in [0.717, 1.165) is 5.56 Å². The molecule has 0 amide bonds. The van der Waals surface area contributed by atoms with Crippen molar-refractivity contribution >= 4 is 45.6 Å². The van der Waals surface area contributed by atoms with Gasteiger partial charge < -0.3 is 0 Å². The van der Waals surface area contributed by atoms with Gasteiger partial charge in [-0.05, 0) is 0 Å². The molecule has 0 fully saturated rings. The number of benzene rings is 2.